The second kappa shape index (κ2) is 10.0. The van der Waals surface area contributed by atoms with E-state index >= 15 is 0 Å². The van der Waals surface area contributed by atoms with Crippen LogP contribution in [0.4, 0.5) is 22.0 Å². The van der Waals surface area contributed by atoms with E-state index in [0.717, 1.165) is 42.8 Å². The van der Waals surface area contributed by atoms with Crippen molar-refractivity contribution in [1.29, 1.82) is 0 Å². The highest BCUT2D eigenvalue weighted by atomic mass is 16.6. The monoisotopic (exact) mass is 497 g/mol. The zero-order valence-electron chi connectivity index (χ0n) is 21.6. The van der Waals surface area contributed by atoms with Crippen molar-refractivity contribution in [3.8, 4) is 11.5 Å². The number of carbonyl (C=O) groups excluding carboxylic acids is 1. The lowest BCUT2D eigenvalue weighted by Crippen LogP contribution is -2.46. The Morgan fingerprint density at radius 3 is 2.27 bits per heavy atom. The lowest BCUT2D eigenvalue weighted by atomic mass is 10.1. The van der Waals surface area contributed by atoms with Gasteiger partial charge in [0.15, 0.2) is 5.82 Å². The summed E-state index contributed by atoms with van der Waals surface area (Å²) in [7, 11) is 1.66. The normalized spacial score (nSPS) is 14.1. The zero-order valence-corrected chi connectivity index (χ0v) is 21.6. The smallest absolute Gasteiger partial charge is 0.415 e. The Hall–Kier alpha value is -4.27. The predicted molar refractivity (Wildman–Crippen MR) is 146 cm³/mol. The van der Waals surface area contributed by atoms with E-state index in [1.165, 1.54) is 10.6 Å². The number of rotatable bonds is 4. The molecule has 2 aromatic heterocycles. The Morgan fingerprint density at radius 2 is 1.62 bits per heavy atom. The molecule has 1 fully saturated rings. The van der Waals surface area contributed by atoms with Crippen molar-refractivity contribution in [2.24, 2.45) is 0 Å². The lowest BCUT2D eigenvalue weighted by Gasteiger charge is -2.37. The van der Waals surface area contributed by atoms with Gasteiger partial charge in [0.1, 0.15) is 17.1 Å². The van der Waals surface area contributed by atoms with E-state index in [0.29, 0.717) is 17.3 Å². The molecule has 0 atom stereocenters. The third kappa shape index (κ3) is 5.45. The number of hydrogen-bond donors (Lipinski definition) is 0. The van der Waals surface area contributed by atoms with E-state index in [9.17, 15) is 4.79 Å². The molecule has 37 heavy (non-hydrogen) atoms. The van der Waals surface area contributed by atoms with Crippen LogP contribution < -0.4 is 14.7 Å². The average molecular weight is 498 g/mol. The number of benzene rings is 2. The van der Waals surface area contributed by atoms with Crippen LogP contribution in [0.3, 0.4) is 0 Å². The summed E-state index contributed by atoms with van der Waals surface area (Å²) in [6.45, 7) is 9.18. The highest BCUT2D eigenvalue weighted by molar-refractivity contribution is 5.99. The first-order valence-corrected chi connectivity index (χ1v) is 12.4. The number of para-hydroxylation sites is 1. The molecule has 5 rings (SSSR count). The molecule has 0 aliphatic carbocycles. The van der Waals surface area contributed by atoms with Gasteiger partial charge in [-0.3, -0.25) is 9.88 Å². The van der Waals surface area contributed by atoms with Crippen molar-refractivity contribution in [3.63, 3.8) is 0 Å². The van der Waals surface area contributed by atoms with E-state index in [2.05, 4.69) is 56.2 Å². The number of hydrogen-bond acceptors (Lipinski definition) is 8. The summed E-state index contributed by atoms with van der Waals surface area (Å²) in [6.07, 6.45) is 4.33. The molecule has 2 aromatic carbocycles. The van der Waals surface area contributed by atoms with Gasteiger partial charge < -0.3 is 14.5 Å². The summed E-state index contributed by atoms with van der Waals surface area (Å²) in [4.78, 5) is 37.1. The molecule has 1 aliphatic rings. The van der Waals surface area contributed by atoms with Gasteiger partial charge >= 0.3 is 6.09 Å². The van der Waals surface area contributed by atoms with Crippen molar-refractivity contribution in [3.05, 3.63) is 67.1 Å². The van der Waals surface area contributed by atoms with E-state index < -0.39 is 11.7 Å². The zero-order chi connectivity index (χ0) is 26.0. The Balaban J connectivity index is 1.48. The van der Waals surface area contributed by atoms with Crippen LogP contribution in [0.2, 0.25) is 0 Å². The van der Waals surface area contributed by atoms with Gasteiger partial charge in [-0.25, -0.2) is 19.7 Å². The van der Waals surface area contributed by atoms with Crippen LogP contribution in [-0.4, -0.2) is 64.9 Å². The second-order valence-electron chi connectivity index (χ2n) is 10.0. The van der Waals surface area contributed by atoms with Crippen LogP contribution in [0.1, 0.15) is 20.8 Å². The molecule has 190 valence electrons. The SMILES string of the molecule is CN(C(=O)OC(C)(C)C)c1nc(-c2cnccn2)nc2cc(N3CCN(c4ccccc4)CC3)ccc12. The third-order valence-electron chi connectivity index (χ3n) is 6.20. The number of piperazine rings is 1. The molecular weight excluding hydrogens is 466 g/mol. The van der Waals surface area contributed by atoms with Crippen LogP contribution in [0.15, 0.2) is 67.1 Å². The Bertz CT molecular complexity index is 1380. The number of amides is 1. The Morgan fingerprint density at radius 1 is 0.919 bits per heavy atom. The highest BCUT2D eigenvalue weighted by Crippen LogP contribution is 2.31. The van der Waals surface area contributed by atoms with E-state index in [1.54, 1.807) is 25.6 Å². The first-order valence-electron chi connectivity index (χ1n) is 12.4. The van der Waals surface area contributed by atoms with Crippen molar-refractivity contribution in [2.45, 2.75) is 26.4 Å². The van der Waals surface area contributed by atoms with Crippen LogP contribution in [-0.2, 0) is 4.74 Å². The minimum absolute atomic E-state index is 0.400. The van der Waals surface area contributed by atoms with Gasteiger partial charge in [0.25, 0.3) is 0 Å². The quantitative estimate of drug-likeness (QED) is 0.398. The molecule has 0 N–H and O–H groups in total. The van der Waals surface area contributed by atoms with Gasteiger partial charge in [0.05, 0.1) is 11.7 Å². The predicted octanol–water partition coefficient (Wildman–Crippen LogP) is 4.78. The van der Waals surface area contributed by atoms with Gasteiger partial charge in [-0.05, 0) is 51.1 Å². The van der Waals surface area contributed by atoms with E-state index in [-0.39, 0.29) is 0 Å². The van der Waals surface area contributed by atoms with Crippen molar-refractivity contribution in [2.75, 3.05) is 47.9 Å². The van der Waals surface area contributed by atoms with Gasteiger partial charge in [-0.15, -0.1) is 0 Å². The number of carbonyl (C=O) groups is 1. The average Bonchev–Trinajstić information content (AvgIpc) is 2.92. The molecule has 0 spiro atoms. The number of aromatic nitrogens is 4. The molecule has 3 heterocycles. The fourth-order valence-corrected chi connectivity index (χ4v) is 4.36. The maximum absolute atomic E-state index is 12.9. The third-order valence-corrected chi connectivity index (χ3v) is 6.20. The number of ether oxygens (including phenoxy) is 1. The topological polar surface area (TPSA) is 87.6 Å². The van der Waals surface area contributed by atoms with Crippen LogP contribution >= 0.6 is 0 Å². The highest BCUT2D eigenvalue weighted by Gasteiger charge is 2.25. The van der Waals surface area contributed by atoms with Crippen molar-refractivity contribution >= 4 is 34.2 Å². The maximum Gasteiger partial charge on any atom is 0.415 e. The summed E-state index contributed by atoms with van der Waals surface area (Å²) in [5.41, 5.74) is 2.96. The molecule has 0 saturated carbocycles. The molecule has 0 bridgehead atoms. The Kier molecular flexibility index (Phi) is 6.60. The molecule has 1 amide bonds. The molecule has 1 aliphatic heterocycles. The molecule has 1 saturated heterocycles. The first-order chi connectivity index (χ1) is 17.8. The fraction of sp³-hybridized carbons (Fsp3) is 0.321. The molecule has 0 unspecified atom stereocenters. The summed E-state index contributed by atoms with van der Waals surface area (Å²) in [6, 6.07) is 16.6. The fourth-order valence-electron chi connectivity index (χ4n) is 4.36. The minimum atomic E-state index is -0.628. The minimum Gasteiger partial charge on any atom is -0.443 e. The summed E-state index contributed by atoms with van der Waals surface area (Å²) in [5, 5.41) is 0.757. The Labute approximate surface area is 216 Å². The van der Waals surface area contributed by atoms with Gasteiger partial charge in [0, 0.05) is 62.4 Å². The van der Waals surface area contributed by atoms with Crippen molar-refractivity contribution in [1.82, 2.24) is 19.9 Å². The molecule has 9 nitrogen and oxygen atoms in total. The van der Waals surface area contributed by atoms with Crippen molar-refractivity contribution < 1.29 is 9.53 Å². The first kappa shape index (κ1) is 24.4. The van der Waals surface area contributed by atoms with Crippen LogP contribution in [0, 0.1) is 0 Å². The lowest BCUT2D eigenvalue weighted by molar-refractivity contribution is 0.0588. The molecule has 0 radical (unpaired) electrons. The van der Waals surface area contributed by atoms with E-state index in [4.69, 9.17) is 14.7 Å². The van der Waals surface area contributed by atoms with Gasteiger partial charge in [-0.2, -0.15) is 0 Å². The number of fused-ring (bicyclic) bond motifs is 1. The largest absolute Gasteiger partial charge is 0.443 e. The summed E-state index contributed by atoms with van der Waals surface area (Å²) < 4.78 is 5.60. The van der Waals surface area contributed by atoms with E-state index in [1.807, 2.05) is 32.9 Å². The number of nitrogens with zero attached hydrogens (tertiary/aromatic N) is 7. The van der Waals surface area contributed by atoms with Gasteiger partial charge in [0.2, 0.25) is 0 Å². The standard InChI is InChI=1S/C28H31N7O2/c1-28(2,3)37-27(36)33(4)26-22-11-10-21(18-23(22)31-25(32-26)24-19-29-12-13-30-24)35-16-14-34(15-17-35)20-8-6-5-7-9-20/h5-13,18-19H,14-17H2,1-4H3. The molecular formula is C28H31N7O2. The van der Waals surface area contributed by atoms with Crippen LogP contribution in [0.25, 0.3) is 22.4 Å². The second-order valence-corrected chi connectivity index (χ2v) is 10.0. The summed E-state index contributed by atoms with van der Waals surface area (Å²) in [5.74, 6) is 0.859. The van der Waals surface area contributed by atoms with Crippen LogP contribution in [0.5, 0.6) is 0 Å². The molecule has 4 aromatic rings. The van der Waals surface area contributed by atoms with Gasteiger partial charge in [-0.1, -0.05) is 18.2 Å². The maximum atomic E-state index is 12.9. The molecule has 9 heteroatoms. The summed E-state index contributed by atoms with van der Waals surface area (Å²) >= 11 is 0. The number of anilines is 3.